The number of ketones is 2. The van der Waals surface area contributed by atoms with Gasteiger partial charge in [-0.05, 0) is 134 Å². The molecule has 8 aliphatic carbocycles. The predicted octanol–water partition coefficient (Wildman–Crippen LogP) is 6.86. The number of carbonyl (C=O) groups is 2. The fourth-order valence-corrected chi connectivity index (χ4v) is 14.6. The third-order valence-electron chi connectivity index (χ3n) is 17.0. The number of aliphatic hydroxyl groups is 3. The van der Waals surface area contributed by atoms with Crippen molar-refractivity contribution in [3.05, 3.63) is 46.9 Å². The monoisotopic (exact) mass is 713 g/mol. The number of carbonyl (C=O) groups excluding carboxylic acids is 2. The molecule has 0 spiro atoms. The molecule has 15 atom stereocenters. The third kappa shape index (κ3) is 4.83. The molecule has 6 saturated carbocycles. The number of halogens is 1. The number of Topliss-reactive ketones (excluding diaryl/α,β-unsaturated/α-hetero) is 1. The molecule has 0 aliphatic heterocycles. The summed E-state index contributed by atoms with van der Waals surface area (Å²) in [5.41, 5.74) is 1.39. The molecule has 0 radical (unpaired) electrons. The van der Waals surface area contributed by atoms with Gasteiger partial charge in [-0.1, -0.05) is 57.3 Å². The molecule has 0 unspecified atom stereocenters. The second-order valence-electron chi connectivity index (χ2n) is 19.1. The molecule has 7 nitrogen and oxygen atoms in total. The van der Waals surface area contributed by atoms with Crippen LogP contribution in [0.1, 0.15) is 104 Å². The van der Waals surface area contributed by atoms with Crippen molar-refractivity contribution in [1.82, 2.24) is 5.16 Å². The van der Waals surface area contributed by atoms with Crippen LogP contribution in [0.3, 0.4) is 0 Å². The minimum Gasteiger partial charge on any atom is -0.393 e. The maximum atomic E-state index is 15.2. The zero-order valence-electron chi connectivity index (χ0n) is 31.4. The topological polar surface area (TPSA) is 121 Å². The van der Waals surface area contributed by atoms with Crippen LogP contribution in [0.25, 0.3) is 6.08 Å². The Morgan fingerprint density at radius 3 is 2.56 bits per heavy atom. The lowest BCUT2D eigenvalue weighted by Gasteiger charge is -2.59. The number of aromatic nitrogens is 1. The van der Waals surface area contributed by atoms with Gasteiger partial charge in [0.15, 0.2) is 17.3 Å². The molecule has 1 heterocycles. The van der Waals surface area contributed by atoms with Gasteiger partial charge in [-0.15, -0.1) is 6.42 Å². The molecule has 0 saturated heterocycles. The lowest BCUT2D eigenvalue weighted by molar-refractivity contribution is -0.144. The molecule has 6 fully saturated rings. The Morgan fingerprint density at radius 1 is 1.08 bits per heavy atom. The van der Waals surface area contributed by atoms with Gasteiger partial charge in [0.05, 0.1) is 12.3 Å². The van der Waals surface area contributed by atoms with E-state index in [1.54, 1.807) is 11.6 Å². The van der Waals surface area contributed by atoms with E-state index in [9.17, 15) is 24.9 Å². The maximum absolute atomic E-state index is 15.2. The van der Waals surface area contributed by atoms with Crippen LogP contribution in [-0.2, 0) is 16.0 Å². The number of fused-ring (bicyclic) bond motifs is 11. The van der Waals surface area contributed by atoms with E-state index in [2.05, 4.69) is 31.0 Å². The molecular weight excluding hydrogens is 657 g/mol. The number of terminal acetylenes is 1. The van der Waals surface area contributed by atoms with Crippen molar-refractivity contribution >= 4 is 17.6 Å². The highest BCUT2D eigenvalue weighted by Gasteiger charge is 2.66. The third-order valence-corrected chi connectivity index (χ3v) is 17.0. The highest BCUT2D eigenvalue weighted by Crippen LogP contribution is 2.69. The highest BCUT2D eigenvalue weighted by atomic mass is 19.1. The molecule has 280 valence electrons. The van der Waals surface area contributed by atoms with Gasteiger partial charge in [-0.25, -0.2) is 4.39 Å². The van der Waals surface area contributed by atoms with E-state index in [0.717, 1.165) is 50.7 Å². The van der Waals surface area contributed by atoms with Gasteiger partial charge in [0.1, 0.15) is 18.4 Å². The van der Waals surface area contributed by atoms with Crippen molar-refractivity contribution in [1.29, 1.82) is 0 Å². The Morgan fingerprint density at radius 2 is 1.83 bits per heavy atom. The number of aliphatic hydroxyl groups excluding tert-OH is 2. The Bertz CT molecular complexity index is 1800. The molecule has 0 bridgehead atoms. The van der Waals surface area contributed by atoms with E-state index in [0.29, 0.717) is 29.7 Å². The number of nitrogens with zero attached hydrogens (tertiary/aromatic N) is 1. The van der Waals surface area contributed by atoms with Crippen LogP contribution in [-0.4, -0.2) is 56.5 Å². The highest BCUT2D eigenvalue weighted by molar-refractivity contribution is 6.01. The van der Waals surface area contributed by atoms with E-state index < -0.39 is 35.3 Å². The largest absolute Gasteiger partial charge is 0.393 e. The van der Waals surface area contributed by atoms with Crippen LogP contribution < -0.4 is 0 Å². The number of rotatable bonds is 2. The smallest absolute Gasteiger partial charge is 0.178 e. The van der Waals surface area contributed by atoms with Gasteiger partial charge in [0, 0.05) is 28.2 Å². The average Bonchev–Trinajstić information content (AvgIpc) is 3.74. The number of hydrogen-bond acceptors (Lipinski definition) is 7. The first kappa shape index (κ1) is 36.1. The maximum Gasteiger partial charge on any atom is 0.178 e. The van der Waals surface area contributed by atoms with E-state index in [-0.39, 0.29) is 58.4 Å². The summed E-state index contributed by atoms with van der Waals surface area (Å²) in [6, 6.07) is 0. The van der Waals surface area contributed by atoms with E-state index in [1.165, 1.54) is 24.1 Å². The lowest BCUT2D eigenvalue weighted by Crippen LogP contribution is -2.58. The van der Waals surface area contributed by atoms with Crippen LogP contribution >= 0.6 is 0 Å². The summed E-state index contributed by atoms with van der Waals surface area (Å²) in [5.74, 6) is 5.01. The van der Waals surface area contributed by atoms with Crippen molar-refractivity contribution in [2.24, 2.45) is 69.0 Å². The second kappa shape index (κ2) is 12.1. The fraction of sp³-hybridized carbons (Fsp3) is 0.705. The number of allylic oxidation sites excluding steroid dienone is 5. The van der Waals surface area contributed by atoms with Gasteiger partial charge in [0.25, 0.3) is 0 Å². The summed E-state index contributed by atoms with van der Waals surface area (Å²) in [6.45, 7) is 10.2. The standard InChI is InChI=1S/C22H29FO4.C22H27NO2/c1-11-6-14-13-8-16(23)15-7-12(25)4-5-21(15,2)20(13)17(26)9-22(14,3)19(11)18(27)10-24;1-4-22(24)10-8-18-16-6-5-15-11-19-14(13-23-25-19)12-20(15,2)17(16)7-9-21(18,22)3/h4-5,7,11,13-14,16-17,19-20,24,26H,6,8-10H2,1-3H3;1,11,13,16-18,24H,5-10,12H2,2-3H3/t11-,13+,14+,16+,17+,19-,20-,21+,22+;16-,17+,18+,20+,21+,22+/m11/s1. The predicted molar refractivity (Wildman–Crippen MR) is 195 cm³/mol. The van der Waals surface area contributed by atoms with E-state index >= 15 is 4.39 Å². The molecule has 0 amide bonds. The first-order valence-corrected chi connectivity index (χ1v) is 19.8. The lowest BCUT2D eigenvalue weighted by atomic mass is 9.46. The van der Waals surface area contributed by atoms with Gasteiger partial charge in [0.2, 0.25) is 0 Å². The summed E-state index contributed by atoms with van der Waals surface area (Å²) < 4.78 is 20.6. The van der Waals surface area contributed by atoms with Crippen molar-refractivity contribution in [2.45, 2.75) is 117 Å². The normalized spacial score (nSPS) is 49.6. The summed E-state index contributed by atoms with van der Waals surface area (Å²) >= 11 is 0. The Labute approximate surface area is 307 Å². The van der Waals surface area contributed by atoms with Gasteiger partial charge >= 0.3 is 0 Å². The summed E-state index contributed by atoms with van der Waals surface area (Å²) in [5, 5.41) is 35.7. The van der Waals surface area contributed by atoms with Gasteiger partial charge in [-0.2, -0.15) is 0 Å². The van der Waals surface area contributed by atoms with Crippen molar-refractivity contribution in [3.63, 3.8) is 0 Å². The summed E-state index contributed by atoms with van der Waals surface area (Å²) in [6.07, 6.45) is 21.8. The molecule has 3 N–H and O–H groups in total. The van der Waals surface area contributed by atoms with Gasteiger partial charge in [-0.3, -0.25) is 9.59 Å². The van der Waals surface area contributed by atoms with Crippen LogP contribution in [0.15, 0.2) is 40.1 Å². The van der Waals surface area contributed by atoms with Crippen LogP contribution in [0.2, 0.25) is 0 Å². The van der Waals surface area contributed by atoms with Crippen LogP contribution in [0.4, 0.5) is 4.39 Å². The molecular formula is C44H56FNO6. The van der Waals surface area contributed by atoms with Gasteiger partial charge < -0.3 is 19.8 Å². The Balaban J connectivity index is 0.000000149. The molecule has 52 heavy (non-hydrogen) atoms. The Kier molecular flexibility index (Phi) is 8.39. The molecule has 0 aromatic carbocycles. The SMILES string of the molecule is C#C[C@]1(O)CC[C@H]2[C@@H]3CCC4=Cc5oncc5C[C@]4(C)[C@H]3CC[C@@]21C.C[C@@H]1C[C@H]2[C@@H]3C[C@H](F)C4=CC(=O)C=C[C@]4(C)[C@H]3[C@@H](O)C[C@]2(C)[C@H]1C(=O)CO. The van der Waals surface area contributed by atoms with Crippen molar-refractivity contribution in [2.75, 3.05) is 6.61 Å². The first-order valence-electron chi connectivity index (χ1n) is 19.8. The zero-order valence-corrected chi connectivity index (χ0v) is 31.4. The number of hydrogen-bond donors (Lipinski definition) is 3. The average molecular weight is 714 g/mol. The van der Waals surface area contributed by atoms with Crippen molar-refractivity contribution < 1.29 is 33.8 Å². The first-order chi connectivity index (χ1) is 24.5. The molecule has 8 aliphatic rings. The number of alkyl halides is 1. The minimum atomic E-state index is -1.21. The fourth-order valence-electron chi connectivity index (χ4n) is 14.6. The molecule has 9 rings (SSSR count). The second-order valence-corrected chi connectivity index (χ2v) is 19.1. The van der Waals surface area contributed by atoms with E-state index in [1.807, 2.05) is 27.0 Å². The van der Waals surface area contributed by atoms with Crippen LogP contribution in [0.5, 0.6) is 0 Å². The minimum absolute atomic E-state index is 0.0484. The summed E-state index contributed by atoms with van der Waals surface area (Å²) in [7, 11) is 0. The molecule has 8 heteroatoms. The molecule has 1 aromatic heterocycles. The van der Waals surface area contributed by atoms with Crippen molar-refractivity contribution in [3.8, 4) is 12.3 Å². The molecule has 1 aromatic rings. The van der Waals surface area contributed by atoms with Crippen LogP contribution in [0, 0.1) is 81.3 Å². The Hall–Kier alpha value is -2.86. The van der Waals surface area contributed by atoms with E-state index in [4.69, 9.17) is 10.9 Å². The summed E-state index contributed by atoms with van der Waals surface area (Å²) in [4.78, 5) is 24.3. The zero-order chi connectivity index (χ0) is 37.2. The quantitative estimate of drug-likeness (QED) is 0.287.